The topological polar surface area (TPSA) is 76.1 Å². The van der Waals surface area contributed by atoms with E-state index < -0.39 is 10.8 Å². The lowest BCUT2D eigenvalue weighted by molar-refractivity contribution is -0.161. The standard InChI is InChI=1S/C56H111NO5/c1-9-13-17-21-25-33-41-51(42-34-26-22-18-14-10-2)61-53(59)55(5,6)45-37-29-31-39-47-57(49-50-58)48-40-32-30-38-46-56(7,8)54(60)62-52(43-35-27-23-19-15-11-3)44-36-28-24-20-16-12-4/h51-52,58H,9-50H2,1-8H3. The van der Waals surface area contributed by atoms with Crippen LogP contribution in [0.5, 0.6) is 0 Å². The van der Waals surface area contributed by atoms with Crippen molar-refractivity contribution < 1.29 is 24.2 Å². The lowest BCUT2D eigenvalue weighted by Crippen LogP contribution is -2.31. The molecule has 0 aliphatic rings. The van der Waals surface area contributed by atoms with Crippen molar-refractivity contribution >= 4 is 11.9 Å². The number of hydrogen-bond donors (Lipinski definition) is 1. The lowest BCUT2D eigenvalue weighted by atomic mass is 9.86. The highest BCUT2D eigenvalue weighted by atomic mass is 16.5. The highest BCUT2D eigenvalue weighted by Crippen LogP contribution is 2.30. The van der Waals surface area contributed by atoms with E-state index in [4.69, 9.17) is 9.47 Å². The Hall–Kier alpha value is -1.14. The smallest absolute Gasteiger partial charge is 0.311 e. The van der Waals surface area contributed by atoms with Crippen LogP contribution in [0.3, 0.4) is 0 Å². The van der Waals surface area contributed by atoms with Crippen LogP contribution in [0.15, 0.2) is 0 Å². The van der Waals surface area contributed by atoms with Gasteiger partial charge < -0.3 is 19.5 Å². The zero-order valence-electron chi connectivity index (χ0n) is 43.4. The number of carbonyl (C=O) groups excluding carboxylic acids is 2. The van der Waals surface area contributed by atoms with Crippen LogP contribution in [-0.4, -0.2) is 60.4 Å². The molecule has 0 atom stereocenters. The SMILES string of the molecule is CCCCCCCCC(CCCCCCCC)OC(=O)C(C)(C)CCCCCCN(CCO)CCCCCCC(C)(C)C(=O)OC(CCCCCCCC)CCCCCCCC. The third-order valence-electron chi connectivity index (χ3n) is 13.6. The number of aliphatic hydroxyl groups is 1. The summed E-state index contributed by atoms with van der Waals surface area (Å²) in [6, 6.07) is 0. The van der Waals surface area contributed by atoms with Crippen molar-refractivity contribution in [2.45, 2.75) is 312 Å². The number of hydrogen-bond acceptors (Lipinski definition) is 6. The molecule has 6 heteroatoms. The first-order chi connectivity index (χ1) is 30.0. The summed E-state index contributed by atoms with van der Waals surface area (Å²) in [5.41, 5.74) is -0.885. The molecule has 0 aromatic carbocycles. The van der Waals surface area contributed by atoms with E-state index in [0.717, 1.165) is 110 Å². The van der Waals surface area contributed by atoms with Crippen LogP contribution < -0.4 is 0 Å². The zero-order chi connectivity index (χ0) is 46.0. The molecule has 0 saturated carbocycles. The minimum atomic E-state index is -0.443. The number of rotatable bonds is 48. The Bertz CT molecular complexity index is 875. The van der Waals surface area contributed by atoms with Crippen molar-refractivity contribution in [1.29, 1.82) is 0 Å². The monoisotopic (exact) mass is 878 g/mol. The molecule has 0 aromatic rings. The minimum Gasteiger partial charge on any atom is -0.462 e. The van der Waals surface area contributed by atoms with Crippen molar-refractivity contribution in [3.05, 3.63) is 0 Å². The summed E-state index contributed by atoms with van der Waals surface area (Å²) >= 11 is 0. The summed E-state index contributed by atoms with van der Waals surface area (Å²) in [7, 11) is 0. The molecular weight excluding hydrogens is 767 g/mol. The largest absolute Gasteiger partial charge is 0.462 e. The number of unbranched alkanes of at least 4 members (excludes halogenated alkanes) is 26. The van der Waals surface area contributed by atoms with Crippen LogP contribution in [0, 0.1) is 10.8 Å². The molecule has 0 bridgehead atoms. The molecule has 0 spiro atoms. The highest BCUT2D eigenvalue weighted by molar-refractivity contribution is 5.76. The van der Waals surface area contributed by atoms with Crippen LogP contribution in [0.2, 0.25) is 0 Å². The number of nitrogens with zero attached hydrogens (tertiary/aromatic N) is 1. The lowest BCUT2D eigenvalue weighted by Gasteiger charge is -2.27. The van der Waals surface area contributed by atoms with Gasteiger partial charge in [-0.1, -0.05) is 195 Å². The van der Waals surface area contributed by atoms with Gasteiger partial charge in [-0.15, -0.1) is 0 Å². The number of ether oxygens (including phenoxy) is 2. The predicted molar refractivity (Wildman–Crippen MR) is 269 cm³/mol. The third kappa shape index (κ3) is 36.1. The fraction of sp³-hybridized carbons (Fsp3) is 0.964. The average molecular weight is 879 g/mol. The molecule has 370 valence electrons. The molecule has 0 amide bonds. The molecule has 0 radical (unpaired) electrons. The van der Waals surface area contributed by atoms with Gasteiger partial charge in [-0.05, 0) is 118 Å². The molecule has 1 N–H and O–H groups in total. The Balaban J connectivity index is 4.59. The summed E-state index contributed by atoms with van der Waals surface area (Å²) in [5, 5.41) is 9.76. The fourth-order valence-electron chi connectivity index (χ4n) is 8.95. The van der Waals surface area contributed by atoms with Gasteiger partial charge in [0.15, 0.2) is 0 Å². The van der Waals surface area contributed by atoms with Crippen molar-refractivity contribution in [3.8, 4) is 0 Å². The Morgan fingerprint density at radius 1 is 0.387 bits per heavy atom. The second-order valence-electron chi connectivity index (χ2n) is 20.9. The molecular formula is C56H111NO5. The third-order valence-corrected chi connectivity index (χ3v) is 13.6. The predicted octanol–water partition coefficient (Wildman–Crippen LogP) is 17.1. The van der Waals surface area contributed by atoms with Crippen molar-refractivity contribution in [3.63, 3.8) is 0 Å². The molecule has 0 unspecified atom stereocenters. The normalized spacial score (nSPS) is 12.3. The molecule has 0 aliphatic carbocycles. The van der Waals surface area contributed by atoms with Gasteiger partial charge in [-0.3, -0.25) is 9.59 Å². The Morgan fingerprint density at radius 3 is 0.935 bits per heavy atom. The maximum Gasteiger partial charge on any atom is 0.311 e. The van der Waals surface area contributed by atoms with E-state index in [9.17, 15) is 14.7 Å². The molecule has 0 saturated heterocycles. The Morgan fingerprint density at radius 2 is 0.645 bits per heavy atom. The van der Waals surface area contributed by atoms with Crippen LogP contribution in [0.1, 0.15) is 299 Å². The second kappa shape index (κ2) is 42.5. The summed E-state index contributed by atoms with van der Waals surface area (Å²) in [6.07, 6.45) is 45.4. The first-order valence-electron chi connectivity index (χ1n) is 27.7. The van der Waals surface area contributed by atoms with Gasteiger partial charge >= 0.3 is 11.9 Å². The first-order valence-corrected chi connectivity index (χ1v) is 27.7. The fourth-order valence-corrected chi connectivity index (χ4v) is 8.95. The van der Waals surface area contributed by atoms with Crippen molar-refractivity contribution in [1.82, 2.24) is 4.90 Å². The Kier molecular flexibility index (Phi) is 41.7. The Labute approximate surface area is 388 Å². The van der Waals surface area contributed by atoms with E-state index in [0.29, 0.717) is 0 Å². The summed E-state index contributed by atoms with van der Waals surface area (Å²) in [6.45, 7) is 20.4. The van der Waals surface area contributed by atoms with Gasteiger partial charge in [0.25, 0.3) is 0 Å². The number of carbonyl (C=O) groups is 2. The zero-order valence-corrected chi connectivity index (χ0v) is 43.4. The first kappa shape index (κ1) is 60.9. The van der Waals surface area contributed by atoms with Gasteiger partial charge in [0, 0.05) is 6.54 Å². The second-order valence-corrected chi connectivity index (χ2v) is 20.9. The van der Waals surface area contributed by atoms with E-state index in [1.54, 1.807) is 0 Å². The maximum atomic E-state index is 13.4. The van der Waals surface area contributed by atoms with Gasteiger partial charge in [0.1, 0.15) is 12.2 Å². The van der Waals surface area contributed by atoms with Gasteiger partial charge in [0.05, 0.1) is 17.4 Å². The van der Waals surface area contributed by atoms with Crippen LogP contribution in [0.25, 0.3) is 0 Å². The summed E-state index contributed by atoms with van der Waals surface area (Å²) < 4.78 is 12.5. The van der Waals surface area contributed by atoms with E-state index in [-0.39, 0.29) is 30.8 Å². The quantitative estimate of drug-likeness (QED) is 0.0485. The summed E-state index contributed by atoms with van der Waals surface area (Å²) in [4.78, 5) is 29.3. The van der Waals surface area contributed by atoms with Gasteiger partial charge in [-0.25, -0.2) is 0 Å². The average Bonchev–Trinajstić information content (AvgIpc) is 3.24. The molecule has 0 aromatic heterocycles. The molecule has 0 aliphatic heterocycles. The van der Waals surface area contributed by atoms with Gasteiger partial charge in [-0.2, -0.15) is 0 Å². The minimum absolute atomic E-state index is 0.00308. The van der Waals surface area contributed by atoms with Crippen molar-refractivity contribution in [2.24, 2.45) is 10.8 Å². The summed E-state index contributed by atoms with van der Waals surface area (Å²) in [5.74, 6) is 0.00616. The number of aliphatic hydroxyl groups excluding tert-OH is 1. The van der Waals surface area contributed by atoms with Crippen LogP contribution >= 0.6 is 0 Å². The highest BCUT2D eigenvalue weighted by Gasteiger charge is 2.32. The van der Waals surface area contributed by atoms with Crippen LogP contribution in [0.4, 0.5) is 0 Å². The number of esters is 2. The van der Waals surface area contributed by atoms with E-state index in [1.807, 2.05) is 0 Å². The molecule has 0 heterocycles. The van der Waals surface area contributed by atoms with E-state index >= 15 is 0 Å². The van der Waals surface area contributed by atoms with E-state index in [1.165, 1.54) is 154 Å². The molecule has 0 fully saturated rings. The molecule has 6 nitrogen and oxygen atoms in total. The van der Waals surface area contributed by atoms with Crippen LogP contribution in [-0.2, 0) is 19.1 Å². The van der Waals surface area contributed by atoms with Gasteiger partial charge in [0.2, 0.25) is 0 Å². The molecule has 0 rings (SSSR count). The maximum absolute atomic E-state index is 13.4. The van der Waals surface area contributed by atoms with E-state index in [2.05, 4.69) is 60.3 Å². The molecule has 62 heavy (non-hydrogen) atoms. The van der Waals surface area contributed by atoms with Crippen molar-refractivity contribution in [2.75, 3.05) is 26.2 Å².